The second kappa shape index (κ2) is 27.5. The summed E-state index contributed by atoms with van der Waals surface area (Å²) in [6.45, 7) is 11.6. The number of hydrogen-bond donors (Lipinski definition) is 3. The summed E-state index contributed by atoms with van der Waals surface area (Å²) in [6, 6.07) is 10.7. The van der Waals surface area contributed by atoms with Gasteiger partial charge in [0.25, 0.3) is 0 Å². The fraction of sp³-hybridized carbons (Fsp3) is 0.412. The Morgan fingerprint density at radius 3 is 1.45 bits per heavy atom. The molecule has 0 aliphatic rings. The first-order chi connectivity index (χ1) is 31.1. The SMILES string of the molecule is CCCCc1ccc(C=C(CC)C(=O)c2c(O)cc(C(C)CC/C=C/C(=O)O)oc2=O)s1.CCCCc1ccc(C=C(CC)C(=O)c2c(O)cc(C(C)CC/C=C/C(=O)OC)oc2=O)s1. The zero-order valence-corrected chi connectivity index (χ0v) is 40.0. The first-order valence-electron chi connectivity index (χ1n) is 22.1. The van der Waals surface area contributed by atoms with Crippen LogP contribution in [0, 0.1) is 0 Å². The van der Waals surface area contributed by atoms with Crippen LogP contribution in [0.1, 0.15) is 169 Å². The molecule has 0 saturated carbocycles. The van der Waals surface area contributed by atoms with Crippen molar-refractivity contribution in [2.45, 2.75) is 130 Å². The van der Waals surface area contributed by atoms with E-state index in [2.05, 4.69) is 30.7 Å². The lowest BCUT2D eigenvalue weighted by Gasteiger charge is -2.11. The van der Waals surface area contributed by atoms with Crippen LogP contribution in [-0.2, 0) is 27.2 Å². The number of ketones is 2. The number of carboxylic acids is 1. The number of methoxy groups -OCH3 is 1. The molecule has 0 saturated heterocycles. The van der Waals surface area contributed by atoms with Crippen LogP contribution >= 0.6 is 22.7 Å². The lowest BCUT2D eigenvalue weighted by molar-refractivity contribution is -0.135. The van der Waals surface area contributed by atoms with E-state index in [0.717, 1.165) is 54.4 Å². The minimum atomic E-state index is -1.02. The fourth-order valence-electron chi connectivity index (χ4n) is 6.55. The molecule has 0 fully saturated rings. The Labute approximate surface area is 388 Å². The van der Waals surface area contributed by atoms with Crippen molar-refractivity contribution in [1.29, 1.82) is 0 Å². The van der Waals surface area contributed by atoms with E-state index in [1.807, 2.05) is 32.9 Å². The van der Waals surface area contributed by atoms with Crippen molar-refractivity contribution in [2.75, 3.05) is 7.11 Å². The van der Waals surface area contributed by atoms with Crippen LogP contribution in [0.25, 0.3) is 12.2 Å². The average Bonchev–Trinajstić information content (AvgIpc) is 3.94. The molecule has 0 aliphatic heterocycles. The lowest BCUT2D eigenvalue weighted by Crippen LogP contribution is -2.17. The van der Waals surface area contributed by atoms with Gasteiger partial charge in [-0.1, -0.05) is 66.5 Å². The molecule has 2 atom stereocenters. The molecule has 12 nitrogen and oxygen atoms in total. The van der Waals surface area contributed by atoms with Gasteiger partial charge in [-0.2, -0.15) is 0 Å². The number of thiophene rings is 2. The molecule has 4 rings (SSSR count). The van der Waals surface area contributed by atoms with Gasteiger partial charge in [0.05, 0.1) is 7.11 Å². The zero-order chi connectivity index (χ0) is 48.1. The topological polar surface area (TPSA) is 199 Å². The van der Waals surface area contributed by atoms with Crippen LogP contribution < -0.4 is 11.3 Å². The smallest absolute Gasteiger partial charge is 0.351 e. The van der Waals surface area contributed by atoms with Gasteiger partial charge in [-0.25, -0.2) is 19.2 Å². The normalized spacial score (nSPS) is 12.8. The second-order valence-corrected chi connectivity index (χ2v) is 17.9. The largest absolute Gasteiger partial charge is 0.507 e. The molecule has 0 aliphatic carbocycles. The predicted octanol–water partition coefficient (Wildman–Crippen LogP) is 12.0. The summed E-state index contributed by atoms with van der Waals surface area (Å²) in [4.78, 5) is 77.3. The molecule has 350 valence electrons. The highest BCUT2D eigenvalue weighted by Gasteiger charge is 2.25. The van der Waals surface area contributed by atoms with Gasteiger partial charge in [-0.3, -0.25) is 9.59 Å². The van der Waals surface area contributed by atoms with Crippen molar-refractivity contribution in [3.63, 3.8) is 0 Å². The maximum atomic E-state index is 13.0. The van der Waals surface area contributed by atoms with E-state index in [9.17, 15) is 39.0 Å². The quantitative estimate of drug-likeness (QED) is 0.0342. The standard InChI is InChI=1S/C26H32O6S.C25H30O6S/c1-5-7-11-19-13-14-20(33-19)15-18(6-2)25(29)24-21(27)16-22(32-26(24)30)17(3)10-8-9-12-23(28)31-4;1-4-6-10-18-12-13-19(32-18)14-17(5-2)24(29)23-20(26)15-21(31-25(23)30)16(3)9-7-8-11-22(27)28/h9,12-17,27H,5-8,10-11H2,1-4H3;8,11-16,26H,4-7,9-10H2,1-3H3,(H,27,28)/b12-9+,18-15?;11-8+,17-14?. The van der Waals surface area contributed by atoms with Gasteiger partial charge >= 0.3 is 23.2 Å². The second-order valence-electron chi connectivity index (χ2n) is 15.5. The van der Waals surface area contributed by atoms with Crippen LogP contribution in [0.5, 0.6) is 11.5 Å². The number of carboxylic acid groups (broad SMARTS) is 1. The van der Waals surface area contributed by atoms with Gasteiger partial charge in [-0.05, 0) is 101 Å². The Balaban J connectivity index is 0.000000345. The van der Waals surface area contributed by atoms with Gasteiger partial charge in [0.1, 0.15) is 34.1 Å². The number of aliphatic carboxylic acids is 1. The average molecular weight is 931 g/mol. The maximum Gasteiger partial charge on any atom is 0.351 e. The lowest BCUT2D eigenvalue weighted by atomic mass is 9.98. The molecule has 0 amide bonds. The number of rotatable bonds is 24. The summed E-state index contributed by atoms with van der Waals surface area (Å²) in [5.41, 5.74) is -1.55. The van der Waals surface area contributed by atoms with E-state index in [1.165, 1.54) is 41.1 Å². The number of unbranched alkanes of at least 4 members (excludes halogenated alkanes) is 2. The van der Waals surface area contributed by atoms with Crippen molar-refractivity contribution in [3.8, 4) is 11.5 Å². The summed E-state index contributed by atoms with van der Waals surface area (Å²) < 4.78 is 15.3. The van der Waals surface area contributed by atoms with E-state index in [0.29, 0.717) is 55.4 Å². The van der Waals surface area contributed by atoms with E-state index in [-0.39, 0.29) is 34.5 Å². The van der Waals surface area contributed by atoms with Crippen molar-refractivity contribution in [2.24, 2.45) is 0 Å². The van der Waals surface area contributed by atoms with E-state index >= 15 is 0 Å². The summed E-state index contributed by atoms with van der Waals surface area (Å²) in [7, 11) is 1.31. The third-order valence-corrected chi connectivity index (χ3v) is 12.7. The van der Waals surface area contributed by atoms with Crippen molar-refractivity contribution in [3.05, 3.63) is 135 Å². The van der Waals surface area contributed by atoms with Crippen LogP contribution in [0.3, 0.4) is 0 Å². The predicted molar refractivity (Wildman–Crippen MR) is 258 cm³/mol. The molecule has 2 unspecified atom stereocenters. The molecule has 0 spiro atoms. The van der Waals surface area contributed by atoms with Gasteiger partial charge in [0.15, 0.2) is 11.6 Å². The molecule has 3 N–H and O–H groups in total. The summed E-state index contributed by atoms with van der Waals surface area (Å²) in [6.07, 6.45) is 18.6. The number of carbonyl (C=O) groups is 4. The van der Waals surface area contributed by atoms with Gasteiger partial charge < -0.3 is 28.9 Å². The van der Waals surface area contributed by atoms with Crippen molar-refractivity contribution >= 4 is 58.3 Å². The fourth-order valence-corrected chi connectivity index (χ4v) is 8.59. The Hall–Kier alpha value is -5.86. The highest BCUT2D eigenvalue weighted by Crippen LogP contribution is 2.30. The molecule has 0 bridgehead atoms. The first-order valence-corrected chi connectivity index (χ1v) is 23.8. The Bertz CT molecular complexity index is 2470. The number of aryl methyl sites for hydroxylation is 2. The van der Waals surface area contributed by atoms with Crippen molar-refractivity contribution < 1.29 is 48.1 Å². The first kappa shape index (κ1) is 53.5. The summed E-state index contributed by atoms with van der Waals surface area (Å²) in [5, 5.41) is 29.6. The number of allylic oxidation sites excluding steroid dienone is 4. The Kier molecular flexibility index (Phi) is 22.6. The molecule has 0 radical (unpaired) electrons. The highest BCUT2D eigenvalue weighted by atomic mass is 32.1. The number of Topliss-reactive ketones (excluding diaryl/α,β-unsaturated/α-hetero) is 2. The van der Waals surface area contributed by atoms with Gasteiger partial charge in [0, 0.05) is 66.8 Å². The van der Waals surface area contributed by atoms with Gasteiger partial charge in [-0.15, -0.1) is 22.7 Å². The Morgan fingerprint density at radius 1 is 0.677 bits per heavy atom. The van der Waals surface area contributed by atoms with Crippen LogP contribution in [0.15, 0.2) is 90.3 Å². The number of carbonyl (C=O) groups excluding carboxylic acids is 3. The molecular weight excluding hydrogens is 869 g/mol. The van der Waals surface area contributed by atoms with Crippen LogP contribution in [0.4, 0.5) is 0 Å². The molecule has 4 aromatic heterocycles. The zero-order valence-electron chi connectivity index (χ0n) is 38.4. The third kappa shape index (κ3) is 16.9. The van der Waals surface area contributed by atoms with Crippen molar-refractivity contribution in [1.82, 2.24) is 0 Å². The number of aromatic hydroxyl groups is 2. The number of ether oxygens (including phenoxy) is 1. The molecule has 14 heteroatoms. The maximum absolute atomic E-state index is 13.0. The van der Waals surface area contributed by atoms with E-state index < -0.39 is 40.5 Å². The van der Waals surface area contributed by atoms with Crippen LogP contribution in [0.2, 0.25) is 0 Å². The third-order valence-electron chi connectivity index (χ3n) is 10.5. The molecule has 0 aromatic carbocycles. The van der Waals surface area contributed by atoms with Crippen LogP contribution in [-0.4, -0.2) is 45.9 Å². The van der Waals surface area contributed by atoms with E-state index in [1.54, 1.807) is 47.8 Å². The molecule has 4 aromatic rings. The number of esters is 1. The Morgan fingerprint density at radius 2 is 1.09 bits per heavy atom. The molecular formula is C51H62O12S2. The van der Waals surface area contributed by atoms with Gasteiger partial charge in [0.2, 0.25) is 0 Å². The minimum absolute atomic E-state index is 0.191. The van der Waals surface area contributed by atoms with E-state index in [4.69, 9.17) is 13.9 Å². The summed E-state index contributed by atoms with van der Waals surface area (Å²) in [5.74, 6) is -3.17. The number of hydrogen-bond acceptors (Lipinski definition) is 13. The minimum Gasteiger partial charge on any atom is -0.507 e. The summed E-state index contributed by atoms with van der Waals surface area (Å²) >= 11 is 3.25. The highest BCUT2D eigenvalue weighted by molar-refractivity contribution is 7.13. The molecule has 65 heavy (non-hydrogen) atoms. The monoisotopic (exact) mass is 930 g/mol. The molecule has 4 heterocycles.